The van der Waals surface area contributed by atoms with E-state index in [1.807, 2.05) is 6.92 Å². The second-order valence-corrected chi connectivity index (χ2v) is 5.60. The Kier molecular flexibility index (Phi) is 7.75. The Morgan fingerprint density at radius 3 is 2.79 bits per heavy atom. The number of piperidine rings is 1. The summed E-state index contributed by atoms with van der Waals surface area (Å²) in [6.45, 7) is 3.31. The summed E-state index contributed by atoms with van der Waals surface area (Å²) >= 11 is 0. The van der Waals surface area contributed by atoms with Gasteiger partial charge < -0.3 is 15.4 Å². The molecule has 0 unspecified atom stereocenters. The maximum atomic E-state index is 12.4. The van der Waals surface area contributed by atoms with Gasteiger partial charge in [0.15, 0.2) is 0 Å². The highest BCUT2D eigenvalue weighted by Crippen LogP contribution is 2.29. The van der Waals surface area contributed by atoms with Crippen molar-refractivity contribution >= 4 is 18.3 Å². The van der Waals surface area contributed by atoms with Crippen LogP contribution in [0.5, 0.6) is 5.88 Å². The fraction of sp³-hybridized carbons (Fsp3) is 0.600. The van der Waals surface area contributed by atoms with Crippen molar-refractivity contribution in [1.29, 1.82) is 0 Å². The number of nitrogens with one attached hydrogen (secondary N) is 2. The third-order valence-corrected chi connectivity index (χ3v) is 3.71. The predicted molar refractivity (Wildman–Crippen MR) is 85.2 cm³/mol. The average molecular weight is 368 g/mol. The third kappa shape index (κ3) is 6.16. The SMILES string of the molecule is C[C@H]1C[C@@H](C(=O)NCCOc2ccc(C(F)(F)F)cn2)CCN1.Cl. The number of carbonyl (C=O) groups excluding carboxylic acids is 1. The first-order valence-corrected chi connectivity index (χ1v) is 7.53. The lowest BCUT2D eigenvalue weighted by Crippen LogP contribution is -2.43. The maximum Gasteiger partial charge on any atom is 0.417 e. The van der Waals surface area contributed by atoms with Gasteiger partial charge in [-0.3, -0.25) is 4.79 Å². The third-order valence-electron chi connectivity index (χ3n) is 3.71. The molecule has 0 bridgehead atoms. The number of nitrogens with zero attached hydrogens (tertiary/aromatic N) is 1. The van der Waals surface area contributed by atoms with Crippen LogP contribution in [0.1, 0.15) is 25.3 Å². The topological polar surface area (TPSA) is 63.2 Å². The van der Waals surface area contributed by atoms with E-state index in [4.69, 9.17) is 4.74 Å². The Hall–Kier alpha value is -1.54. The van der Waals surface area contributed by atoms with Crippen LogP contribution in [0.4, 0.5) is 13.2 Å². The van der Waals surface area contributed by atoms with Gasteiger partial charge in [-0.15, -0.1) is 12.4 Å². The van der Waals surface area contributed by atoms with Crippen molar-refractivity contribution in [2.24, 2.45) is 5.92 Å². The highest BCUT2D eigenvalue weighted by atomic mass is 35.5. The minimum absolute atomic E-state index is 0. The number of aromatic nitrogens is 1. The zero-order valence-electron chi connectivity index (χ0n) is 13.2. The van der Waals surface area contributed by atoms with E-state index in [0.29, 0.717) is 12.6 Å². The van der Waals surface area contributed by atoms with Crippen LogP contribution in [0.25, 0.3) is 0 Å². The molecular weight excluding hydrogens is 347 g/mol. The van der Waals surface area contributed by atoms with Crippen molar-refractivity contribution < 1.29 is 22.7 Å². The monoisotopic (exact) mass is 367 g/mol. The number of ether oxygens (including phenoxy) is 1. The van der Waals surface area contributed by atoms with Gasteiger partial charge >= 0.3 is 6.18 Å². The molecule has 0 saturated carbocycles. The molecule has 2 atom stereocenters. The van der Waals surface area contributed by atoms with Gasteiger partial charge in [0.1, 0.15) is 6.61 Å². The van der Waals surface area contributed by atoms with Crippen LogP contribution in [-0.4, -0.2) is 36.6 Å². The molecule has 1 amide bonds. The molecule has 0 aromatic carbocycles. The zero-order valence-corrected chi connectivity index (χ0v) is 14.0. The van der Waals surface area contributed by atoms with E-state index in [-0.39, 0.29) is 36.7 Å². The fourth-order valence-corrected chi connectivity index (χ4v) is 2.48. The number of hydrogen-bond acceptors (Lipinski definition) is 4. The summed E-state index contributed by atoms with van der Waals surface area (Å²) < 4.78 is 42.4. The van der Waals surface area contributed by atoms with Crippen LogP contribution in [0.15, 0.2) is 18.3 Å². The van der Waals surface area contributed by atoms with Gasteiger partial charge in [0.2, 0.25) is 11.8 Å². The summed E-state index contributed by atoms with van der Waals surface area (Å²) in [4.78, 5) is 15.6. The number of carbonyl (C=O) groups is 1. The van der Waals surface area contributed by atoms with Crippen LogP contribution in [0.3, 0.4) is 0 Å². The summed E-state index contributed by atoms with van der Waals surface area (Å²) in [5.74, 6) is 0.0838. The van der Waals surface area contributed by atoms with Crippen LogP contribution >= 0.6 is 12.4 Å². The lowest BCUT2D eigenvalue weighted by atomic mass is 9.92. The molecule has 0 radical (unpaired) electrons. The Labute approximate surface area is 144 Å². The molecule has 0 aliphatic carbocycles. The van der Waals surface area contributed by atoms with Gasteiger partial charge in [0.25, 0.3) is 0 Å². The molecule has 1 saturated heterocycles. The largest absolute Gasteiger partial charge is 0.476 e. The molecule has 5 nitrogen and oxygen atoms in total. The van der Waals surface area contributed by atoms with E-state index in [9.17, 15) is 18.0 Å². The van der Waals surface area contributed by atoms with Gasteiger partial charge in [-0.25, -0.2) is 4.98 Å². The molecule has 1 aromatic rings. The Balaban J connectivity index is 0.00000288. The standard InChI is InChI=1S/C15H20F3N3O2.ClH/c1-10-8-11(4-5-19-10)14(22)20-6-7-23-13-3-2-12(9-21-13)15(16,17)18;/h2-3,9-11,19H,4-8H2,1H3,(H,20,22);1H/t10-,11-;/m0./s1. The molecule has 2 rings (SSSR count). The fourth-order valence-electron chi connectivity index (χ4n) is 2.48. The second-order valence-electron chi connectivity index (χ2n) is 5.60. The first kappa shape index (κ1) is 20.5. The molecule has 1 aromatic heterocycles. The maximum absolute atomic E-state index is 12.4. The molecule has 1 aliphatic heterocycles. The van der Waals surface area contributed by atoms with E-state index in [0.717, 1.165) is 31.6 Å². The molecule has 24 heavy (non-hydrogen) atoms. The van der Waals surface area contributed by atoms with Crippen LogP contribution < -0.4 is 15.4 Å². The van der Waals surface area contributed by atoms with Crippen molar-refractivity contribution in [2.45, 2.75) is 32.0 Å². The van der Waals surface area contributed by atoms with E-state index in [1.54, 1.807) is 0 Å². The zero-order chi connectivity index (χ0) is 16.9. The first-order valence-electron chi connectivity index (χ1n) is 7.53. The Morgan fingerprint density at radius 1 is 1.46 bits per heavy atom. The number of halogens is 4. The van der Waals surface area contributed by atoms with Crippen molar-refractivity contribution in [1.82, 2.24) is 15.6 Å². The van der Waals surface area contributed by atoms with Crippen LogP contribution in [0, 0.1) is 5.92 Å². The van der Waals surface area contributed by atoms with E-state index >= 15 is 0 Å². The Morgan fingerprint density at radius 2 is 2.21 bits per heavy atom. The van der Waals surface area contributed by atoms with Gasteiger partial charge in [-0.2, -0.15) is 13.2 Å². The number of alkyl halides is 3. The summed E-state index contributed by atoms with van der Waals surface area (Å²) in [5.41, 5.74) is -0.821. The van der Waals surface area contributed by atoms with Gasteiger partial charge in [0.05, 0.1) is 12.1 Å². The van der Waals surface area contributed by atoms with Gasteiger partial charge in [-0.1, -0.05) is 0 Å². The molecule has 2 N–H and O–H groups in total. The average Bonchev–Trinajstić information content (AvgIpc) is 2.51. The molecular formula is C15H21ClF3N3O2. The lowest BCUT2D eigenvalue weighted by Gasteiger charge is -2.27. The summed E-state index contributed by atoms with van der Waals surface area (Å²) in [6, 6.07) is 2.41. The molecule has 0 spiro atoms. The number of hydrogen-bond donors (Lipinski definition) is 2. The van der Waals surface area contributed by atoms with Crippen molar-refractivity contribution in [3.05, 3.63) is 23.9 Å². The highest BCUT2D eigenvalue weighted by molar-refractivity contribution is 5.85. The van der Waals surface area contributed by atoms with Crippen molar-refractivity contribution in [2.75, 3.05) is 19.7 Å². The predicted octanol–water partition coefficient (Wildman–Crippen LogP) is 2.41. The highest BCUT2D eigenvalue weighted by Gasteiger charge is 2.30. The molecule has 9 heteroatoms. The van der Waals surface area contributed by atoms with Crippen molar-refractivity contribution in [3.63, 3.8) is 0 Å². The minimum atomic E-state index is -4.41. The summed E-state index contributed by atoms with van der Waals surface area (Å²) in [6.07, 6.45) is -2.08. The molecule has 1 fully saturated rings. The van der Waals surface area contributed by atoms with Crippen LogP contribution in [-0.2, 0) is 11.0 Å². The second kappa shape index (κ2) is 9.08. The molecule has 1 aliphatic rings. The van der Waals surface area contributed by atoms with E-state index < -0.39 is 11.7 Å². The number of amides is 1. The molecule has 136 valence electrons. The Bertz CT molecular complexity index is 526. The summed E-state index contributed by atoms with van der Waals surface area (Å²) in [7, 11) is 0. The number of pyridine rings is 1. The first-order chi connectivity index (χ1) is 10.9. The van der Waals surface area contributed by atoms with E-state index in [1.165, 1.54) is 6.07 Å². The quantitative estimate of drug-likeness (QED) is 0.784. The molecule has 2 heterocycles. The smallest absolute Gasteiger partial charge is 0.417 e. The number of rotatable bonds is 5. The van der Waals surface area contributed by atoms with Crippen molar-refractivity contribution in [3.8, 4) is 5.88 Å². The normalized spacial score (nSPS) is 20.8. The minimum Gasteiger partial charge on any atom is -0.476 e. The van der Waals surface area contributed by atoms with Gasteiger partial charge in [0, 0.05) is 24.2 Å². The summed E-state index contributed by atoms with van der Waals surface area (Å²) in [5, 5.41) is 6.06. The van der Waals surface area contributed by atoms with Gasteiger partial charge in [-0.05, 0) is 32.4 Å². The van der Waals surface area contributed by atoms with E-state index in [2.05, 4.69) is 15.6 Å². The van der Waals surface area contributed by atoms with Crippen LogP contribution in [0.2, 0.25) is 0 Å². The lowest BCUT2D eigenvalue weighted by molar-refractivity contribution is -0.137.